The molecule has 1 fully saturated rings. The number of hydrogen-bond donors (Lipinski definition) is 1. The highest BCUT2D eigenvalue weighted by molar-refractivity contribution is 5.80. The zero-order valence-corrected chi connectivity index (χ0v) is 15.7. The van der Waals surface area contributed by atoms with Crippen molar-refractivity contribution in [3.63, 3.8) is 0 Å². The van der Waals surface area contributed by atoms with E-state index in [1.807, 2.05) is 55.3 Å². The summed E-state index contributed by atoms with van der Waals surface area (Å²) in [6, 6.07) is 9.92. The lowest BCUT2D eigenvalue weighted by Crippen LogP contribution is -2.39. The summed E-state index contributed by atoms with van der Waals surface area (Å²) < 4.78 is 7.47. The van der Waals surface area contributed by atoms with Crippen molar-refractivity contribution >= 4 is 5.96 Å². The predicted octanol–water partition coefficient (Wildman–Crippen LogP) is 2.64. The summed E-state index contributed by atoms with van der Waals surface area (Å²) >= 11 is 0. The molecule has 2 aromatic heterocycles. The maximum absolute atomic E-state index is 5.61. The van der Waals surface area contributed by atoms with Gasteiger partial charge >= 0.3 is 0 Å². The highest BCUT2D eigenvalue weighted by Crippen LogP contribution is 2.26. The Morgan fingerprint density at radius 2 is 2.19 bits per heavy atom. The van der Waals surface area contributed by atoms with Crippen molar-refractivity contribution in [3.8, 4) is 11.5 Å². The van der Waals surface area contributed by atoms with E-state index in [0.29, 0.717) is 18.4 Å². The average molecular weight is 364 g/mol. The Balaban J connectivity index is 1.36. The first-order valence-corrected chi connectivity index (χ1v) is 9.17. The van der Waals surface area contributed by atoms with Crippen molar-refractivity contribution in [2.45, 2.75) is 18.9 Å². The van der Waals surface area contributed by atoms with Crippen LogP contribution in [0.2, 0.25) is 0 Å². The van der Waals surface area contributed by atoms with Gasteiger partial charge in [0.05, 0.1) is 18.4 Å². The number of oxazole rings is 1. The third-order valence-corrected chi connectivity index (χ3v) is 4.90. The van der Waals surface area contributed by atoms with Gasteiger partial charge in [-0.3, -0.25) is 9.67 Å². The highest BCUT2D eigenvalue weighted by Gasteiger charge is 2.26. The fraction of sp³-hybridized carbons (Fsp3) is 0.350. The average Bonchev–Trinajstić information content (AvgIpc) is 3.44. The molecule has 0 spiro atoms. The van der Waals surface area contributed by atoms with Crippen LogP contribution >= 0.6 is 0 Å². The number of aryl methyl sites for hydroxylation is 1. The van der Waals surface area contributed by atoms with Crippen LogP contribution < -0.4 is 5.32 Å². The van der Waals surface area contributed by atoms with Crippen molar-refractivity contribution in [1.29, 1.82) is 0 Å². The van der Waals surface area contributed by atoms with E-state index in [1.54, 1.807) is 6.26 Å². The third kappa shape index (κ3) is 3.86. The van der Waals surface area contributed by atoms with Gasteiger partial charge in [0.15, 0.2) is 5.96 Å². The van der Waals surface area contributed by atoms with Crippen LogP contribution in [0.25, 0.3) is 11.5 Å². The van der Waals surface area contributed by atoms with Gasteiger partial charge in [-0.1, -0.05) is 18.2 Å². The van der Waals surface area contributed by atoms with E-state index >= 15 is 0 Å². The van der Waals surface area contributed by atoms with Gasteiger partial charge in [0.2, 0.25) is 5.89 Å². The number of aliphatic imine (C=N–C) groups is 1. The lowest BCUT2D eigenvalue weighted by atomic mass is 10.0. The molecule has 140 valence electrons. The molecule has 0 aliphatic carbocycles. The fourth-order valence-electron chi connectivity index (χ4n) is 3.48. The van der Waals surface area contributed by atoms with Crippen LogP contribution in [0, 0.1) is 0 Å². The van der Waals surface area contributed by atoms with Gasteiger partial charge in [-0.15, -0.1) is 0 Å². The first-order valence-electron chi connectivity index (χ1n) is 9.17. The van der Waals surface area contributed by atoms with E-state index in [0.717, 1.165) is 36.7 Å². The molecule has 7 heteroatoms. The molecule has 3 heterocycles. The van der Waals surface area contributed by atoms with Crippen molar-refractivity contribution in [2.75, 3.05) is 20.1 Å². The maximum Gasteiger partial charge on any atom is 0.226 e. The molecule has 3 aromatic rings. The molecular weight excluding hydrogens is 340 g/mol. The summed E-state index contributed by atoms with van der Waals surface area (Å²) in [6.45, 7) is 2.50. The lowest BCUT2D eigenvalue weighted by molar-refractivity contribution is 0.485. The highest BCUT2D eigenvalue weighted by atomic mass is 16.3. The Bertz CT molecular complexity index is 913. The topological polar surface area (TPSA) is 71.5 Å². The van der Waals surface area contributed by atoms with E-state index in [1.165, 1.54) is 5.56 Å². The lowest BCUT2D eigenvalue weighted by Gasteiger charge is -2.21. The van der Waals surface area contributed by atoms with E-state index in [4.69, 9.17) is 4.42 Å². The van der Waals surface area contributed by atoms with Crippen LogP contribution in [0.4, 0.5) is 0 Å². The van der Waals surface area contributed by atoms with Gasteiger partial charge in [-0.25, -0.2) is 4.98 Å². The van der Waals surface area contributed by atoms with Gasteiger partial charge in [-0.05, 0) is 24.1 Å². The standard InChI is InChI=1S/C20H24N6O/c1-21-20(26-9-8-16(13-26)17-10-23-25(2)12-17)22-11-18-14-27-19(24-18)15-6-4-3-5-7-15/h3-7,10,12,14,16H,8-9,11,13H2,1-2H3,(H,21,22). The minimum absolute atomic E-state index is 0.494. The number of rotatable bonds is 4. The number of benzene rings is 1. The van der Waals surface area contributed by atoms with Gasteiger partial charge < -0.3 is 14.6 Å². The van der Waals surface area contributed by atoms with E-state index in [-0.39, 0.29) is 0 Å². The molecule has 1 atom stereocenters. The second-order valence-corrected chi connectivity index (χ2v) is 6.79. The Morgan fingerprint density at radius 1 is 1.33 bits per heavy atom. The third-order valence-electron chi connectivity index (χ3n) is 4.90. The van der Waals surface area contributed by atoms with Crippen LogP contribution in [0.15, 0.2) is 58.4 Å². The maximum atomic E-state index is 5.61. The van der Waals surface area contributed by atoms with E-state index in [9.17, 15) is 0 Å². The van der Waals surface area contributed by atoms with Crippen LogP contribution in [-0.4, -0.2) is 45.8 Å². The number of nitrogens with one attached hydrogen (secondary N) is 1. The van der Waals surface area contributed by atoms with Gasteiger partial charge in [-0.2, -0.15) is 5.10 Å². The zero-order valence-electron chi connectivity index (χ0n) is 15.7. The molecule has 1 saturated heterocycles. The molecule has 0 bridgehead atoms. The molecule has 1 aliphatic heterocycles. The summed E-state index contributed by atoms with van der Waals surface area (Å²) in [5, 5.41) is 7.69. The van der Waals surface area contributed by atoms with Gasteiger partial charge in [0, 0.05) is 44.9 Å². The Labute approximate surface area is 158 Å². The summed E-state index contributed by atoms with van der Waals surface area (Å²) in [7, 11) is 3.77. The van der Waals surface area contributed by atoms with Crippen LogP contribution in [0.1, 0.15) is 23.6 Å². The second-order valence-electron chi connectivity index (χ2n) is 6.79. The van der Waals surface area contributed by atoms with Crippen molar-refractivity contribution < 1.29 is 4.42 Å². The summed E-state index contributed by atoms with van der Waals surface area (Å²) in [6.07, 6.45) is 6.87. The normalized spacial score (nSPS) is 17.5. The van der Waals surface area contributed by atoms with Gasteiger partial charge in [0.25, 0.3) is 0 Å². The molecule has 1 N–H and O–H groups in total. The summed E-state index contributed by atoms with van der Waals surface area (Å²) in [4.78, 5) is 11.3. The molecule has 1 aromatic carbocycles. The number of guanidine groups is 1. The SMILES string of the molecule is CN=C(NCc1coc(-c2ccccc2)n1)N1CCC(c2cnn(C)c2)C1. The fourth-order valence-corrected chi connectivity index (χ4v) is 3.48. The van der Waals surface area contributed by atoms with Gasteiger partial charge in [0.1, 0.15) is 6.26 Å². The molecule has 0 radical (unpaired) electrons. The van der Waals surface area contributed by atoms with Crippen LogP contribution in [0.5, 0.6) is 0 Å². The smallest absolute Gasteiger partial charge is 0.226 e. The number of nitrogens with zero attached hydrogens (tertiary/aromatic N) is 5. The first kappa shape index (κ1) is 17.3. The van der Waals surface area contributed by atoms with Crippen molar-refractivity contribution in [2.24, 2.45) is 12.0 Å². The molecule has 0 amide bonds. The zero-order chi connectivity index (χ0) is 18.6. The Morgan fingerprint density at radius 3 is 2.93 bits per heavy atom. The van der Waals surface area contributed by atoms with Crippen molar-refractivity contribution in [1.82, 2.24) is 25.0 Å². The minimum atomic E-state index is 0.494. The monoisotopic (exact) mass is 364 g/mol. The van der Waals surface area contributed by atoms with E-state index < -0.39 is 0 Å². The Hall–Kier alpha value is -3.09. The predicted molar refractivity (Wildman–Crippen MR) is 104 cm³/mol. The second kappa shape index (κ2) is 7.65. The molecule has 1 aliphatic rings. The molecule has 4 rings (SSSR count). The molecular formula is C20H24N6O. The number of aromatic nitrogens is 3. The summed E-state index contributed by atoms with van der Waals surface area (Å²) in [5.74, 6) is 2.03. The minimum Gasteiger partial charge on any atom is -0.444 e. The number of likely N-dealkylation sites (tertiary alicyclic amines) is 1. The molecule has 27 heavy (non-hydrogen) atoms. The number of hydrogen-bond acceptors (Lipinski definition) is 4. The molecule has 7 nitrogen and oxygen atoms in total. The largest absolute Gasteiger partial charge is 0.444 e. The summed E-state index contributed by atoms with van der Waals surface area (Å²) in [5.41, 5.74) is 3.13. The Kier molecular flexibility index (Phi) is 4.91. The molecule has 1 unspecified atom stereocenters. The van der Waals surface area contributed by atoms with Crippen molar-refractivity contribution in [3.05, 3.63) is 60.2 Å². The van der Waals surface area contributed by atoms with Crippen LogP contribution in [0.3, 0.4) is 0 Å². The van der Waals surface area contributed by atoms with E-state index in [2.05, 4.69) is 31.5 Å². The molecule has 0 saturated carbocycles. The quantitative estimate of drug-likeness (QED) is 0.569. The van der Waals surface area contributed by atoms with Crippen LogP contribution in [-0.2, 0) is 13.6 Å². The first-order chi connectivity index (χ1) is 13.2.